The Morgan fingerprint density at radius 1 is 1.05 bits per heavy atom. The summed E-state index contributed by atoms with van der Waals surface area (Å²) in [5.74, 6) is -0.501. The zero-order valence-corrected chi connectivity index (χ0v) is 11.6. The Hall–Kier alpha value is -2.58. The number of nitrogen functional groups attached to an aromatic ring is 2. The molecule has 0 aliphatic carbocycles. The van der Waals surface area contributed by atoms with Crippen LogP contribution in [0.15, 0.2) is 47.4 Å². The molecular weight excluding hydrogens is 294 g/mol. The third kappa shape index (κ3) is 3.30. The summed E-state index contributed by atoms with van der Waals surface area (Å²) in [5, 5.41) is 2.49. The normalized spacial score (nSPS) is 11.1. The summed E-state index contributed by atoms with van der Waals surface area (Å²) in [7, 11) is -4.47. The average molecular weight is 307 g/mol. The van der Waals surface area contributed by atoms with Gasteiger partial charge in [-0.05, 0) is 30.3 Å². The Morgan fingerprint density at radius 2 is 1.71 bits per heavy atom. The molecule has 0 radical (unpaired) electrons. The van der Waals surface area contributed by atoms with E-state index in [0.29, 0.717) is 5.69 Å². The number of carbonyl (C=O) groups excluding carboxylic acids is 1. The van der Waals surface area contributed by atoms with Crippen LogP contribution in [-0.2, 0) is 10.1 Å². The quantitative estimate of drug-likeness (QED) is 0.499. The van der Waals surface area contributed by atoms with Gasteiger partial charge in [-0.15, -0.1) is 0 Å². The maximum atomic E-state index is 12.0. The summed E-state index contributed by atoms with van der Waals surface area (Å²) in [5.41, 5.74) is 11.8. The van der Waals surface area contributed by atoms with Crippen LogP contribution in [0, 0.1) is 0 Å². The van der Waals surface area contributed by atoms with Crippen molar-refractivity contribution >= 4 is 33.1 Å². The highest BCUT2D eigenvalue weighted by molar-refractivity contribution is 7.86. The van der Waals surface area contributed by atoms with Crippen LogP contribution in [0.25, 0.3) is 0 Å². The van der Waals surface area contributed by atoms with Gasteiger partial charge in [0.1, 0.15) is 4.90 Å². The fourth-order valence-electron chi connectivity index (χ4n) is 1.74. The van der Waals surface area contributed by atoms with E-state index in [2.05, 4.69) is 5.32 Å². The van der Waals surface area contributed by atoms with Crippen LogP contribution >= 0.6 is 0 Å². The van der Waals surface area contributed by atoms with Crippen LogP contribution in [0.4, 0.5) is 17.1 Å². The van der Waals surface area contributed by atoms with Crippen LogP contribution in [-0.4, -0.2) is 18.9 Å². The molecule has 0 saturated carbocycles. The number of hydrogen-bond acceptors (Lipinski definition) is 5. The molecule has 6 N–H and O–H groups in total. The number of nitrogens with two attached hydrogens (primary N) is 2. The van der Waals surface area contributed by atoms with Crippen molar-refractivity contribution in [1.29, 1.82) is 0 Å². The molecule has 0 aromatic heterocycles. The van der Waals surface area contributed by atoms with Crippen LogP contribution in [0.5, 0.6) is 0 Å². The van der Waals surface area contributed by atoms with Gasteiger partial charge in [-0.2, -0.15) is 8.42 Å². The zero-order valence-electron chi connectivity index (χ0n) is 10.8. The minimum Gasteiger partial charge on any atom is -0.398 e. The van der Waals surface area contributed by atoms with Crippen LogP contribution in [0.3, 0.4) is 0 Å². The van der Waals surface area contributed by atoms with Gasteiger partial charge in [-0.25, -0.2) is 0 Å². The van der Waals surface area contributed by atoms with Gasteiger partial charge < -0.3 is 16.8 Å². The van der Waals surface area contributed by atoms with Crippen LogP contribution in [0.2, 0.25) is 0 Å². The molecule has 0 heterocycles. The highest BCUT2D eigenvalue weighted by atomic mass is 32.2. The minimum absolute atomic E-state index is 0.116. The predicted octanol–water partition coefficient (Wildman–Crippen LogP) is 1.35. The Bertz CT molecular complexity index is 803. The first-order valence-electron chi connectivity index (χ1n) is 5.82. The molecule has 7 nitrogen and oxygen atoms in total. The molecule has 2 aromatic rings. The van der Waals surface area contributed by atoms with Gasteiger partial charge in [0.25, 0.3) is 16.0 Å². The summed E-state index contributed by atoms with van der Waals surface area (Å²) < 4.78 is 31.4. The lowest BCUT2D eigenvalue weighted by Crippen LogP contribution is -2.14. The van der Waals surface area contributed by atoms with E-state index in [-0.39, 0.29) is 16.9 Å². The Labute approximate surface area is 121 Å². The second-order valence-corrected chi connectivity index (χ2v) is 5.66. The van der Waals surface area contributed by atoms with Crippen molar-refractivity contribution in [2.45, 2.75) is 4.90 Å². The molecule has 0 saturated heterocycles. The standard InChI is InChI=1S/C13H13N3O4S/c14-10-4-2-1-3-9(10)13(17)16-8-5-6-11(15)12(7-8)21(18,19)20/h1-7H,14-15H2,(H,16,17)(H,18,19,20). The number of para-hydroxylation sites is 1. The lowest BCUT2D eigenvalue weighted by Gasteiger charge is -2.09. The first-order chi connectivity index (χ1) is 9.79. The van der Waals surface area contributed by atoms with Crippen molar-refractivity contribution in [3.8, 4) is 0 Å². The molecule has 21 heavy (non-hydrogen) atoms. The summed E-state index contributed by atoms with van der Waals surface area (Å²) in [4.78, 5) is 11.6. The lowest BCUT2D eigenvalue weighted by atomic mass is 10.1. The van der Waals surface area contributed by atoms with E-state index in [1.54, 1.807) is 18.2 Å². The number of benzene rings is 2. The minimum atomic E-state index is -4.47. The summed E-state index contributed by atoms with van der Waals surface area (Å²) in [6, 6.07) is 10.2. The number of amides is 1. The van der Waals surface area contributed by atoms with Crippen molar-refractivity contribution < 1.29 is 17.8 Å². The van der Waals surface area contributed by atoms with Gasteiger partial charge >= 0.3 is 0 Å². The van der Waals surface area contributed by atoms with Crippen molar-refractivity contribution in [3.05, 3.63) is 48.0 Å². The molecular formula is C13H13N3O4S. The highest BCUT2D eigenvalue weighted by Gasteiger charge is 2.16. The number of anilines is 3. The van der Waals surface area contributed by atoms with E-state index >= 15 is 0 Å². The Morgan fingerprint density at radius 3 is 2.33 bits per heavy atom. The summed E-state index contributed by atoms with van der Waals surface area (Å²) >= 11 is 0. The van der Waals surface area contributed by atoms with E-state index in [4.69, 9.17) is 16.0 Å². The number of rotatable bonds is 3. The van der Waals surface area contributed by atoms with E-state index in [1.807, 2.05) is 0 Å². The molecule has 0 aliphatic rings. The zero-order chi connectivity index (χ0) is 15.6. The second kappa shape index (κ2) is 5.43. The monoisotopic (exact) mass is 307 g/mol. The fraction of sp³-hybridized carbons (Fsp3) is 0. The predicted molar refractivity (Wildman–Crippen MR) is 79.5 cm³/mol. The average Bonchev–Trinajstić information content (AvgIpc) is 2.40. The molecule has 0 fully saturated rings. The van der Waals surface area contributed by atoms with Crippen molar-refractivity contribution in [1.82, 2.24) is 0 Å². The van der Waals surface area contributed by atoms with Crippen molar-refractivity contribution in [2.75, 3.05) is 16.8 Å². The first kappa shape index (κ1) is 14.8. The maximum absolute atomic E-state index is 12.0. The first-order valence-corrected chi connectivity index (χ1v) is 7.26. The molecule has 2 rings (SSSR count). The van der Waals surface area contributed by atoms with Gasteiger partial charge in [0.15, 0.2) is 0 Å². The smallest absolute Gasteiger partial charge is 0.296 e. The third-order valence-electron chi connectivity index (χ3n) is 2.75. The Kier molecular flexibility index (Phi) is 3.83. The molecule has 1 amide bonds. The largest absolute Gasteiger partial charge is 0.398 e. The van der Waals surface area contributed by atoms with Gasteiger partial charge in [0.2, 0.25) is 0 Å². The highest BCUT2D eigenvalue weighted by Crippen LogP contribution is 2.23. The molecule has 2 aromatic carbocycles. The lowest BCUT2D eigenvalue weighted by molar-refractivity contribution is 0.102. The third-order valence-corrected chi connectivity index (χ3v) is 3.66. The molecule has 8 heteroatoms. The Balaban J connectivity index is 2.33. The molecule has 0 aliphatic heterocycles. The van der Waals surface area contributed by atoms with Crippen molar-refractivity contribution in [2.24, 2.45) is 0 Å². The number of hydrogen-bond donors (Lipinski definition) is 4. The van der Waals surface area contributed by atoms with Crippen LogP contribution in [0.1, 0.15) is 10.4 Å². The second-order valence-electron chi connectivity index (χ2n) is 4.27. The van der Waals surface area contributed by atoms with E-state index in [0.717, 1.165) is 6.07 Å². The van der Waals surface area contributed by atoms with Gasteiger partial charge in [0.05, 0.1) is 11.3 Å². The van der Waals surface area contributed by atoms with Gasteiger partial charge in [-0.3, -0.25) is 9.35 Å². The summed E-state index contributed by atoms with van der Waals surface area (Å²) in [6.45, 7) is 0. The van der Waals surface area contributed by atoms with E-state index in [1.165, 1.54) is 18.2 Å². The molecule has 0 atom stereocenters. The van der Waals surface area contributed by atoms with Crippen molar-refractivity contribution in [3.63, 3.8) is 0 Å². The summed E-state index contributed by atoms with van der Waals surface area (Å²) in [6.07, 6.45) is 0. The maximum Gasteiger partial charge on any atom is 0.296 e. The van der Waals surface area contributed by atoms with Crippen LogP contribution < -0.4 is 16.8 Å². The van der Waals surface area contributed by atoms with Gasteiger partial charge in [-0.1, -0.05) is 12.1 Å². The van der Waals surface area contributed by atoms with E-state index < -0.39 is 20.9 Å². The number of carbonyl (C=O) groups is 1. The topological polar surface area (TPSA) is 136 Å². The van der Waals surface area contributed by atoms with E-state index in [9.17, 15) is 13.2 Å². The molecule has 110 valence electrons. The molecule has 0 unspecified atom stereocenters. The number of nitrogens with one attached hydrogen (secondary N) is 1. The molecule has 0 spiro atoms. The SMILES string of the molecule is Nc1ccccc1C(=O)Nc1ccc(N)c(S(=O)(=O)O)c1. The van der Waals surface area contributed by atoms with Gasteiger partial charge in [0, 0.05) is 11.4 Å². The molecule has 0 bridgehead atoms. The fourth-order valence-corrected chi connectivity index (χ4v) is 2.38.